The van der Waals surface area contributed by atoms with Gasteiger partial charge in [-0.05, 0) is 44.7 Å². The molecule has 1 unspecified atom stereocenters. The highest BCUT2D eigenvalue weighted by Crippen LogP contribution is 2.10. The van der Waals surface area contributed by atoms with Gasteiger partial charge < -0.3 is 30.4 Å². The number of rotatable bonds is 17. The van der Waals surface area contributed by atoms with Gasteiger partial charge in [-0.1, -0.05) is 73.5 Å². The normalized spacial score (nSPS) is 12.5. The van der Waals surface area contributed by atoms with E-state index >= 15 is 0 Å². The van der Waals surface area contributed by atoms with Crippen LogP contribution in [0.15, 0.2) is 60.7 Å². The van der Waals surface area contributed by atoms with Gasteiger partial charge in [0.2, 0.25) is 0 Å². The number of nitrogens with two attached hydrogens (primary N) is 1. The maximum absolute atomic E-state index is 12.9. The van der Waals surface area contributed by atoms with Crippen molar-refractivity contribution in [3.63, 3.8) is 0 Å². The molecule has 12 nitrogen and oxygen atoms in total. The summed E-state index contributed by atoms with van der Waals surface area (Å²) in [5.41, 5.74) is 9.82. The first-order chi connectivity index (χ1) is 20.4. The summed E-state index contributed by atoms with van der Waals surface area (Å²) in [4.78, 5) is 48.8. The molecule has 0 saturated carbocycles. The third-order valence-electron chi connectivity index (χ3n) is 6.02. The number of nitrogens with one attached hydrogen (secondary N) is 2. The molecular formula is C31H44N4O8. The van der Waals surface area contributed by atoms with Gasteiger partial charge in [-0.2, -0.15) is 0 Å². The van der Waals surface area contributed by atoms with Crippen molar-refractivity contribution < 1.29 is 38.5 Å². The predicted molar refractivity (Wildman–Crippen MR) is 159 cm³/mol. The average molecular weight is 601 g/mol. The van der Waals surface area contributed by atoms with Gasteiger partial charge >= 0.3 is 24.1 Å². The molecule has 0 aliphatic rings. The van der Waals surface area contributed by atoms with E-state index in [1.807, 2.05) is 60.7 Å². The highest BCUT2D eigenvalue weighted by Gasteiger charge is 2.23. The molecule has 2 rings (SSSR count). The van der Waals surface area contributed by atoms with Gasteiger partial charge in [-0.25, -0.2) is 20.0 Å². The van der Waals surface area contributed by atoms with E-state index in [0.717, 1.165) is 11.1 Å². The maximum atomic E-state index is 12.9. The molecule has 2 aromatic carbocycles. The molecule has 12 heteroatoms. The van der Waals surface area contributed by atoms with E-state index in [1.54, 1.807) is 20.8 Å². The first kappa shape index (κ1) is 35.0. The molecule has 0 aromatic heterocycles. The minimum Gasteiger partial charge on any atom is -0.481 e. The Morgan fingerprint density at radius 2 is 1.47 bits per heavy atom. The van der Waals surface area contributed by atoms with Gasteiger partial charge in [0, 0.05) is 13.1 Å². The Hall–Kier alpha value is -4.16. The van der Waals surface area contributed by atoms with Crippen LogP contribution in [-0.4, -0.2) is 65.0 Å². The molecule has 0 fully saturated rings. The number of amides is 2. The maximum Gasteiger partial charge on any atom is 0.424 e. The summed E-state index contributed by atoms with van der Waals surface area (Å²) in [5, 5.41) is 13.1. The second kappa shape index (κ2) is 18.4. The molecule has 0 saturated heterocycles. The lowest BCUT2D eigenvalue weighted by Gasteiger charge is -2.27. The van der Waals surface area contributed by atoms with Crippen molar-refractivity contribution in [1.29, 1.82) is 0 Å². The Bertz CT molecular complexity index is 1140. The summed E-state index contributed by atoms with van der Waals surface area (Å²) < 4.78 is 16.0. The molecule has 2 amide bonds. The summed E-state index contributed by atoms with van der Waals surface area (Å²) >= 11 is 0. The van der Waals surface area contributed by atoms with Crippen molar-refractivity contribution in [2.75, 3.05) is 13.1 Å². The molecule has 0 bridgehead atoms. The Morgan fingerprint density at radius 1 is 0.884 bits per heavy atom. The molecule has 5 N–H and O–H groups in total. The third-order valence-corrected chi connectivity index (χ3v) is 6.02. The number of carboxylic acids is 1. The van der Waals surface area contributed by atoms with Crippen LogP contribution in [0.1, 0.15) is 64.0 Å². The zero-order valence-corrected chi connectivity index (χ0v) is 25.1. The number of hydrogen-bond acceptors (Lipinski definition) is 9. The van der Waals surface area contributed by atoms with Crippen molar-refractivity contribution in [1.82, 2.24) is 15.8 Å². The van der Waals surface area contributed by atoms with Crippen LogP contribution < -0.4 is 16.5 Å². The highest BCUT2D eigenvalue weighted by atomic mass is 16.6. The van der Waals surface area contributed by atoms with Crippen LogP contribution in [0, 0.1) is 0 Å². The Morgan fingerprint density at radius 3 is 2.02 bits per heavy atom. The monoisotopic (exact) mass is 600 g/mol. The van der Waals surface area contributed by atoms with Crippen LogP contribution in [-0.2, 0) is 37.0 Å². The topological polar surface area (TPSA) is 170 Å². The highest BCUT2D eigenvalue weighted by molar-refractivity contribution is 5.75. The Kier molecular flexibility index (Phi) is 15.0. The van der Waals surface area contributed by atoms with Gasteiger partial charge in [-0.3, -0.25) is 9.59 Å². The standard InChI is InChI=1S/C31H44N4O8/c1-31(2,3)43-29(39)34-25(19-27(36)37)20-33-35(30(40)42-22-24-15-9-5-10-16-24)18-12-6-11-17-26(32)28(38)41-21-23-13-7-4-8-14-23/h4-5,7-10,13-16,25-26,33H,6,11-12,17-22,32H2,1-3H3,(H,34,39)(H,36,37)/t25-,26?/m0/s1. The van der Waals surface area contributed by atoms with E-state index in [4.69, 9.17) is 19.9 Å². The number of alkyl carbamates (subject to hydrolysis) is 1. The lowest BCUT2D eigenvalue weighted by atomic mass is 10.1. The smallest absolute Gasteiger partial charge is 0.424 e. The van der Waals surface area contributed by atoms with Gasteiger partial charge in [0.1, 0.15) is 24.9 Å². The Balaban J connectivity index is 1.89. The zero-order chi connectivity index (χ0) is 31.7. The van der Waals surface area contributed by atoms with Gasteiger partial charge in [-0.15, -0.1) is 0 Å². The fourth-order valence-electron chi connectivity index (χ4n) is 3.88. The van der Waals surface area contributed by atoms with Gasteiger partial charge in [0.25, 0.3) is 0 Å². The fourth-order valence-corrected chi connectivity index (χ4v) is 3.88. The SMILES string of the molecule is CC(C)(C)OC(=O)N[C@H](CNN(CCCCCC(N)C(=O)OCc1ccccc1)C(=O)OCc1ccccc1)CC(=O)O. The van der Waals surface area contributed by atoms with Crippen molar-refractivity contribution in [2.45, 2.75) is 83.8 Å². The van der Waals surface area contributed by atoms with E-state index < -0.39 is 48.2 Å². The number of esters is 1. The lowest BCUT2D eigenvalue weighted by molar-refractivity contribution is -0.146. The van der Waals surface area contributed by atoms with Crippen molar-refractivity contribution in [3.05, 3.63) is 71.8 Å². The van der Waals surface area contributed by atoms with Crippen LogP contribution in [0.3, 0.4) is 0 Å². The predicted octanol–water partition coefficient (Wildman–Crippen LogP) is 4.13. The minimum absolute atomic E-state index is 0.0481. The van der Waals surface area contributed by atoms with Crippen molar-refractivity contribution in [2.24, 2.45) is 5.73 Å². The van der Waals surface area contributed by atoms with E-state index in [9.17, 15) is 24.3 Å². The molecule has 0 heterocycles. The number of carboxylic acid groups (broad SMARTS) is 1. The van der Waals surface area contributed by atoms with Crippen LogP contribution in [0.5, 0.6) is 0 Å². The summed E-state index contributed by atoms with van der Waals surface area (Å²) in [6.07, 6.45) is 0.419. The summed E-state index contributed by atoms with van der Waals surface area (Å²) in [7, 11) is 0. The first-order valence-corrected chi connectivity index (χ1v) is 14.3. The van der Waals surface area contributed by atoms with Gasteiger partial charge in [0.05, 0.1) is 12.5 Å². The first-order valence-electron chi connectivity index (χ1n) is 14.3. The zero-order valence-electron chi connectivity index (χ0n) is 25.1. The molecule has 0 aliphatic heterocycles. The van der Waals surface area contributed by atoms with Gasteiger partial charge in [0.15, 0.2) is 0 Å². The number of hydrogen-bond donors (Lipinski definition) is 4. The molecule has 2 atom stereocenters. The van der Waals surface area contributed by atoms with Crippen molar-refractivity contribution in [3.8, 4) is 0 Å². The molecule has 43 heavy (non-hydrogen) atoms. The molecule has 0 radical (unpaired) electrons. The minimum atomic E-state index is -1.13. The van der Waals surface area contributed by atoms with Crippen LogP contribution in [0.4, 0.5) is 9.59 Å². The number of carbonyl (C=O) groups excluding carboxylic acids is 3. The molecule has 0 spiro atoms. The summed E-state index contributed by atoms with van der Waals surface area (Å²) in [5.74, 6) is -1.60. The number of hydrazine groups is 1. The largest absolute Gasteiger partial charge is 0.481 e. The van der Waals surface area contributed by atoms with E-state index in [0.29, 0.717) is 25.7 Å². The Labute approximate surface area is 252 Å². The molecular weight excluding hydrogens is 556 g/mol. The fraction of sp³-hybridized carbons (Fsp3) is 0.484. The molecule has 0 aliphatic carbocycles. The van der Waals surface area contributed by atoms with Crippen LogP contribution >= 0.6 is 0 Å². The second-order valence-corrected chi connectivity index (χ2v) is 11.0. The average Bonchev–Trinajstić information content (AvgIpc) is 2.95. The van der Waals surface area contributed by atoms with E-state index in [2.05, 4.69) is 10.7 Å². The number of benzene rings is 2. The van der Waals surface area contributed by atoms with Crippen LogP contribution in [0.2, 0.25) is 0 Å². The number of aliphatic carboxylic acids is 1. The number of ether oxygens (including phenoxy) is 3. The number of nitrogens with zero attached hydrogens (tertiary/aromatic N) is 1. The quantitative estimate of drug-likeness (QED) is 0.0896. The summed E-state index contributed by atoms with van der Waals surface area (Å²) in [6.45, 7) is 5.46. The van der Waals surface area contributed by atoms with E-state index in [-0.39, 0.29) is 26.3 Å². The molecule has 2 aromatic rings. The lowest BCUT2D eigenvalue weighted by Crippen LogP contribution is -2.51. The second-order valence-electron chi connectivity index (χ2n) is 11.0. The summed E-state index contributed by atoms with van der Waals surface area (Å²) in [6, 6.07) is 16.9. The van der Waals surface area contributed by atoms with E-state index in [1.165, 1.54) is 5.01 Å². The molecule has 236 valence electrons. The number of carbonyl (C=O) groups is 4. The third kappa shape index (κ3) is 15.6. The van der Waals surface area contributed by atoms with Crippen molar-refractivity contribution >= 4 is 24.1 Å². The van der Waals surface area contributed by atoms with Crippen LogP contribution in [0.25, 0.3) is 0 Å². The number of unbranched alkanes of at least 4 members (excludes halogenated alkanes) is 2.